The summed E-state index contributed by atoms with van der Waals surface area (Å²) in [6.45, 7) is 3.15. The smallest absolute Gasteiger partial charge is 0.256 e. The quantitative estimate of drug-likeness (QED) is 0.809. The number of aryl methyl sites for hydroxylation is 1. The van der Waals surface area contributed by atoms with Gasteiger partial charge in [0.15, 0.2) is 0 Å². The summed E-state index contributed by atoms with van der Waals surface area (Å²) >= 11 is 0. The normalized spacial score (nSPS) is 15.6. The molecule has 0 fully saturated rings. The molecule has 0 bridgehead atoms. The first kappa shape index (κ1) is 11.0. The lowest BCUT2D eigenvalue weighted by Crippen LogP contribution is -2.46. The predicted octanol–water partition coefficient (Wildman–Crippen LogP) is 1.92. The van der Waals surface area contributed by atoms with Crippen molar-refractivity contribution in [3.63, 3.8) is 0 Å². The van der Waals surface area contributed by atoms with E-state index in [1.807, 2.05) is 13.0 Å². The molecule has 0 spiro atoms. The molecular formula is C10H14F2N2. The van der Waals surface area contributed by atoms with Crippen molar-refractivity contribution < 1.29 is 8.78 Å². The molecule has 1 aromatic rings. The minimum Gasteiger partial charge on any atom is -0.320 e. The van der Waals surface area contributed by atoms with Gasteiger partial charge in [-0.2, -0.15) is 0 Å². The van der Waals surface area contributed by atoms with Gasteiger partial charge in [0.2, 0.25) is 0 Å². The van der Waals surface area contributed by atoms with Gasteiger partial charge in [-0.1, -0.05) is 6.07 Å². The van der Waals surface area contributed by atoms with Crippen molar-refractivity contribution in [3.8, 4) is 0 Å². The first-order valence-corrected chi connectivity index (χ1v) is 4.41. The van der Waals surface area contributed by atoms with Gasteiger partial charge in [-0.15, -0.1) is 0 Å². The van der Waals surface area contributed by atoms with E-state index >= 15 is 0 Å². The first-order valence-electron chi connectivity index (χ1n) is 4.41. The van der Waals surface area contributed by atoms with Crippen LogP contribution in [0.4, 0.5) is 8.78 Å². The topological polar surface area (TPSA) is 38.9 Å². The molecule has 0 saturated carbocycles. The Morgan fingerprint density at radius 3 is 2.64 bits per heavy atom. The third kappa shape index (κ3) is 2.73. The van der Waals surface area contributed by atoms with Crippen LogP contribution >= 0.6 is 0 Å². The summed E-state index contributed by atoms with van der Waals surface area (Å²) in [6.07, 6.45) is -2.45. The van der Waals surface area contributed by atoms with Gasteiger partial charge in [-0.05, 0) is 26.0 Å². The standard InChI is InChI=1S/C10H14F2N2/c1-7-4-3-5-8(14-7)6-10(2,13)9(11)12/h3-5,9H,6,13H2,1-2H3. The van der Waals surface area contributed by atoms with Crippen molar-refractivity contribution in [2.45, 2.75) is 32.2 Å². The maximum Gasteiger partial charge on any atom is 0.256 e. The van der Waals surface area contributed by atoms with Crippen molar-refractivity contribution >= 4 is 0 Å². The lowest BCUT2D eigenvalue weighted by molar-refractivity contribution is 0.0634. The Balaban J connectivity index is 2.78. The summed E-state index contributed by atoms with van der Waals surface area (Å²) in [5.41, 5.74) is 5.37. The molecular weight excluding hydrogens is 186 g/mol. The van der Waals surface area contributed by atoms with Gasteiger partial charge < -0.3 is 5.73 Å². The molecule has 0 aliphatic heterocycles. The number of aromatic nitrogens is 1. The van der Waals surface area contributed by atoms with Crippen LogP contribution in [0.3, 0.4) is 0 Å². The molecule has 1 rings (SSSR count). The number of alkyl halides is 2. The molecule has 2 N–H and O–H groups in total. The van der Waals surface area contributed by atoms with Gasteiger partial charge in [0.1, 0.15) is 0 Å². The number of halogens is 2. The minimum absolute atomic E-state index is 0.0896. The number of pyridine rings is 1. The lowest BCUT2D eigenvalue weighted by atomic mass is 9.97. The maximum atomic E-state index is 12.4. The van der Waals surface area contributed by atoms with Gasteiger partial charge in [0, 0.05) is 17.8 Å². The molecule has 0 aliphatic rings. The van der Waals surface area contributed by atoms with E-state index in [4.69, 9.17) is 5.73 Å². The second-order valence-corrected chi connectivity index (χ2v) is 3.75. The van der Waals surface area contributed by atoms with Crippen LogP contribution < -0.4 is 5.73 Å². The zero-order valence-electron chi connectivity index (χ0n) is 8.30. The fraction of sp³-hybridized carbons (Fsp3) is 0.500. The molecule has 0 amide bonds. The molecule has 0 saturated heterocycles. The van der Waals surface area contributed by atoms with Crippen LogP contribution in [0.1, 0.15) is 18.3 Å². The van der Waals surface area contributed by atoms with Crippen molar-refractivity contribution in [1.29, 1.82) is 0 Å². The molecule has 1 aromatic heterocycles. The SMILES string of the molecule is Cc1cccc(CC(C)(N)C(F)F)n1. The molecule has 0 aliphatic carbocycles. The molecule has 1 heterocycles. The van der Waals surface area contributed by atoms with Crippen LogP contribution in [0.5, 0.6) is 0 Å². The summed E-state index contributed by atoms with van der Waals surface area (Å²) in [5, 5.41) is 0. The zero-order valence-corrected chi connectivity index (χ0v) is 8.30. The van der Waals surface area contributed by atoms with E-state index in [0.29, 0.717) is 5.69 Å². The van der Waals surface area contributed by atoms with Crippen LogP contribution in [0.2, 0.25) is 0 Å². The Kier molecular flexibility index (Phi) is 3.16. The van der Waals surface area contributed by atoms with Crippen LogP contribution in [0.25, 0.3) is 0 Å². The average Bonchev–Trinajstić information content (AvgIpc) is 2.02. The highest BCUT2D eigenvalue weighted by molar-refractivity contribution is 5.12. The number of nitrogens with zero attached hydrogens (tertiary/aromatic N) is 1. The minimum atomic E-state index is -2.54. The number of rotatable bonds is 3. The van der Waals surface area contributed by atoms with E-state index < -0.39 is 12.0 Å². The first-order chi connectivity index (χ1) is 6.42. The summed E-state index contributed by atoms with van der Waals surface area (Å²) < 4.78 is 24.9. The summed E-state index contributed by atoms with van der Waals surface area (Å²) in [5.74, 6) is 0. The van der Waals surface area contributed by atoms with Crippen molar-refractivity contribution in [1.82, 2.24) is 4.98 Å². The van der Waals surface area contributed by atoms with Crippen molar-refractivity contribution in [2.24, 2.45) is 5.73 Å². The number of hydrogen-bond donors (Lipinski definition) is 1. The maximum absolute atomic E-state index is 12.4. The lowest BCUT2D eigenvalue weighted by Gasteiger charge is -2.22. The molecule has 4 heteroatoms. The molecule has 2 nitrogen and oxygen atoms in total. The highest BCUT2D eigenvalue weighted by atomic mass is 19.3. The molecule has 1 unspecified atom stereocenters. The zero-order chi connectivity index (χ0) is 10.8. The highest BCUT2D eigenvalue weighted by Gasteiger charge is 2.30. The Bertz CT molecular complexity index is 311. The Morgan fingerprint density at radius 1 is 1.50 bits per heavy atom. The Hall–Kier alpha value is -1.03. The fourth-order valence-electron chi connectivity index (χ4n) is 1.17. The molecule has 0 radical (unpaired) electrons. The summed E-state index contributed by atoms with van der Waals surface area (Å²) in [6, 6.07) is 5.32. The van der Waals surface area contributed by atoms with Crippen molar-refractivity contribution in [2.75, 3.05) is 0 Å². The van der Waals surface area contributed by atoms with Crippen molar-refractivity contribution in [3.05, 3.63) is 29.6 Å². The predicted molar refractivity (Wildman–Crippen MR) is 51.3 cm³/mol. The summed E-state index contributed by atoms with van der Waals surface area (Å²) in [7, 11) is 0. The van der Waals surface area contributed by atoms with E-state index in [1.54, 1.807) is 12.1 Å². The monoisotopic (exact) mass is 200 g/mol. The van der Waals surface area contributed by atoms with E-state index in [1.165, 1.54) is 6.92 Å². The van der Waals surface area contributed by atoms with Crippen LogP contribution in [-0.2, 0) is 6.42 Å². The van der Waals surface area contributed by atoms with Crippen LogP contribution in [0.15, 0.2) is 18.2 Å². The molecule has 0 aromatic carbocycles. The second-order valence-electron chi connectivity index (χ2n) is 3.75. The van der Waals surface area contributed by atoms with Gasteiger partial charge in [0.05, 0.1) is 5.54 Å². The van der Waals surface area contributed by atoms with E-state index in [-0.39, 0.29) is 6.42 Å². The number of nitrogens with two attached hydrogens (primary N) is 1. The molecule has 78 valence electrons. The van der Waals surface area contributed by atoms with E-state index in [9.17, 15) is 8.78 Å². The molecule has 14 heavy (non-hydrogen) atoms. The van der Waals surface area contributed by atoms with Gasteiger partial charge in [0.25, 0.3) is 6.43 Å². The van der Waals surface area contributed by atoms with Gasteiger partial charge in [-0.3, -0.25) is 4.98 Å². The summed E-state index contributed by atoms with van der Waals surface area (Å²) in [4.78, 5) is 4.13. The third-order valence-electron chi connectivity index (χ3n) is 2.01. The average molecular weight is 200 g/mol. The Labute approximate surface area is 82.1 Å². The number of hydrogen-bond acceptors (Lipinski definition) is 2. The largest absolute Gasteiger partial charge is 0.320 e. The Morgan fingerprint density at radius 2 is 2.14 bits per heavy atom. The second kappa shape index (κ2) is 4.00. The van der Waals surface area contributed by atoms with Crippen LogP contribution in [-0.4, -0.2) is 16.9 Å². The van der Waals surface area contributed by atoms with Crippen LogP contribution in [0, 0.1) is 6.92 Å². The van der Waals surface area contributed by atoms with E-state index in [2.05, 4.69) is 4.98 Å². The van der Waals surface area contributed by atoms with E-state index in [0.717, 1.165) is 5.69 Å². The fourth-order valence-corrected chi connectivity index (χ4v) is 1.17. The van der Waals surface area contributed by atoms with Gasteiger partial charge in [-0.25, -0.2) is 8.78 Å². The highest BCUT2D eigenvalue weighted by Crippen LogP contribution is 2.17. The molecule has 1 atom stereocenters. The van der Waals surface area contributed by atoms with Gasteiger partial charge >= 0.3 is 0 Å². The third-order valence-corrected chi connectivity index (χ3v) is 2.01.